The van der Waals surface area contributed by atoms with E-state index in [1.807, 2.05) is 18.2 Å². The van der Waals surface area contributed by atoms with Crippen LogP contribution < -0.4 is 19.6 Å². The average molecular weight is 653 g/mol. The van der Waals surface area contributed by atoms with Crippen LogP contribution in [0.25, 0.3) is 6.08 Å². The van der Waals surface area contributed by atoms with E-state index < -0.39 is 12.0 Å². The molecular formula is C26H21Br2ClN2O4S. The molecule has 0 aliphatic carbocycles. The largest absolute Gasteiger partial charge is 0.487 e. The number of halogens is 3. The van der Waals surface area contributed by atoms with Gasteiger partial charge in [-0.3, -0.25) is 9.36 Å². The van der Waals surface area contributed by atoms with E-state index in [2.05, 4.69) is 43.4 Å². The molecule has 0 saturated heterocycles. The van der Waals surface area contributed by atoms with Crippen LogP contribution in [0.1, 0.15) is 31.0 Å². The summed E-state index contributed by atoms with van der Waals surface area (Å²) in [5, 5.41) is 0.441. The van der Waals surface area contributed by atoms with Gasteiger partial charge in [0, 0.05) is 5.02 Å². The van der Waals surface area contributed by atoms with Gasteiger partial charge < -0.3 is 9.47 Å². The summed E-state index contributed by atoms with van der Waals surface area (Å²) in [6.45, 7) is 7.70. The normalized spacial score (nSPS) is 15.4. The number of rotatable bonds is 7. The zero-order valence-electron chi connectivity index (χ0n) is 19.4. The number of carbonyl (C=O) groups is 1. The van der Waals surface area contributed by atoms with Crippen molar-refractivity contribution in [3.63, 3.8) is 0 Å². The molecule has 1 aromatic heterocycles. The number of hydrogen-bond acceptors (Lipinski definition) is 6. The molecule has 0 unspecified atom stereocenters. The van der Waals surface area contributed by atoms with Crippen molar-refractivity contribution in [2.45, 2.75) is 19.9 Å². The predicted octanol–water partition coefficient (Wildman–Crippen LogP) is 5.54. The Morgan fingerprint density at radius 1 is 1.28 bits per heavy atom. The molecule has 0 spiro atoms. The third-order valence-corrected chi connectivity index (χ3v) is 7.89. The summed E-state index contributed by atoms with van der Waals surface area (Å²) in [6.07, 6.45) is 3.44. The maximum atomic E-state index is 13.7. The van der Waals surface area contributed by atoms with Crippen LogP contribution in [0.3, 0.4) is 0 Å². The molecule has 0 radical (unpaired) electrons. The molecule has 1 aliphatic rings. The average Bonchev–Trinajstić information content (AvgIpc) is 3.12. The van der Waals surface area contributed by atoms with E-state index in [1.165, 1.54) is 15.9 Å². The number of hydrogen-bond donors (Lipinski definition) is 0. The SMILES string of the molecule is C=CCOc1c(Br)cc(/C=c2\sc3n(c2=O)[C@@H](c2ccccc2Cl)C(C(=O)OCC)=C(C)N=3)cc1Br. The lowest BCUT2D eigenvalue weighted by Gasteiger charge is -2.25. The summed E-state index contributed by atoms with van der Waals surface area (Å²) in [4.78, 5) is 31.8. The Morgan fingerprint density at radius 2 is 1.97 bits per heavy atom. The minimum atomic E-state index is -0.760. The molecule has 186 valence electrons. The van der Waals surface area contributed by atoms with Crippen LogP contribution in [0.5, 0.6) is 5.75 Å². The van der Waals surface area contributed by atoms with Gasteiger partial charge >= 0.3 is 5.97 Å². The summed E-state index contributed by atoms with van der Waals surface area (Å²) in [5.74, 6) is 0.114. The Hall–Kier alpha value is -2.46. The first-order valence-electron chi connectivity index (χ1n) is 10.9. The number of fused-ring (bicyclic) bond motifs is 1. The summed E-state index contributed by atoms with van der Waals surface area (Å²) >= 11 is 14.8. The highest BCUT2D eigenvalue weighted by atomic mass is 79.9. The molecule has 2 heterocycles. The summed E-state index contributed by atoms with van der Waals surface area (Å²) in [5.41, 5.74) is 1.90. The number of esters is 1. The molecule has 6 nitrogen and oxygen atoms in total. The second kappa shape index (κ2) is 11.3. The van der Waals surface area contributed by atoms with Gasteiger partial charge in [0.15, 0.2) is 4.80 Å². The summed E-state index contributed by atoms with van der Waals surface area (Å²) in [6, 6.07) is 10.1. The molecule has 3 aromatic rings. The molecular weight excluding hydrogens is 632 g/mol. The lowest BCUT2D eigenvalue weighted by Crippen LogP contribution is -2.40. The molecule has 0 amide bonds. The van der Waals surface area contributed by atoms with Crippen molar-refractivity contribution in [1.29, 1.82) is 0 Å². The van der Waals surface area contributed by atoms with Crippen molar-refractivity contribution in [2.75, 3.05) is 13.2 Å². The van der Waals surface area contributed by atoms with E-state index in [-0.39, 0.29) is 17.7 Å². The lowest BCUT2D eigenvalue weighted by atomic mass is 9.96. The monoisotopic (exact) mass is 650 g/mol. The molecule has 2 aromatic carbocycles. The number of carbonyl (C=O) groups excluding carboxylic acids is 1. The highest BCUT2D eigenvalue weighted by Crippen LogP contribution is 2.36. The van der Waals surface area contributed by atoms with Gasteiger partial charge in [0.05, 0.1) is 31.4 Å². The van der Waals surface area contributed by atoms with Crippen LogP contribution in [0.2, 0.25) is 5.02 Å². The smallest absolute Gasteiger partial charge is 0.338 e. The Kier molecular flexibility index (Phi) is 8.34. The highest BCUT2D eigenvalue weighted by molar-refractivity contribution is 9.11. The number of aromatic nitrogens is 1. The van der Waals surface area contributed by atoms with Crippen molar-refractivity contribution in [3.8, 4) is 5.75 Å². The van der Waals surface area contributed by atoms with Gasteiger partial charge in [-0.1, -0.05) is 53.8 Å². The first-order valence-corrected chi connectivity index (χ1v) is 13.7. The number of nitrogens with zero attached hydrogens (tertiary/aromatic N) is 2. The van der Waals surface area contributed by atoms with Gasteiger partial charge in [-0.15, -0.1) is 0 Å². The lowest BCUT2D eigenvalue weighted by molar-refractivity contribution is -0.139. The third kappa shape index (κ3) is 5.16. The molecule has 0 N–H and O–H groups in total. The van der Waals surface area contributed by atoms with Gasteiger partial charge in [-0.25, -0.2) is 9.79 Å². The molecule has 1 aliphatic heterocycles. The summed E-state index contributed by atoms with van der Waals surface area (Å²) < 4.78 is 14.4. The quantitative estimate of drug-likeness (QED) is 0.248. The van der Waals surface area contributed by atoms with E-state index >= 15 is 0 Å². The zero-order chi connectivity index (χ0) is 26.0. The number of benzene rings is 2. The van der Waals surface area contributed by atoms with Crippen LogP contribution in [0.4, 0.5) is 0 Å². The Morgan fingerprint density at radius 3 is 2.61 bits per heavy atom. The Balaban J connectivity index is 1.91. The molecule has 0 fully saturated rings. The minimum Gasteiger partial charge on any atom is -0.487 e. The van der Waals surface area contributed by atoms with Crippen molar-refractivity contribution in [2.24, 2.45) is 4.99 Å². The van der Waals surface area contributed by atoms with Crippen LogP contribution in [0, 0.1) is 0 Å². The predicted molar refractivity (Wildman–Crippen MR) is 149 cm³/mol. The third-order valence-electron chi connectivity index (χ3n) is 5.38. The Bertz CT molecular complexity index is 1550. The van der Waals surface area contributed by atoms with E-state index in [9.17, 15) is 9.59 Å². The second-order valence-electron chi connectivity index (χ2n) is 7.74. The maximum Gasteiger partial charge on any atom is 0.338 e. The second-order valence-corrected chi connectivity index (χ2v) is 10.9. The number of ether oxygens (including phenoxy) is 2. The number of thiazole rings is 1. The van der Waals surface area contributed by atoms with Crippen LogP contribution in [-0.4, -0.2) is 23.8 Å². The van der Waals surface area contributed by atoms with Gasteiger partial charge in [0.1, 0.15) is 18.4 Å². The molecule has 0 bridgehead atoms. The molecule has 0 saturated carbocycles. The fourth-order valence-electron chi connectivity index (χ4n) is 3.88. The summed E-state index contributed by atoms with van der Waals surface area (Å²) in [7, 11) is 0. The fraction of sp³-hybridized carbons (Fsp3) is 0.192. The van der Waals surface area contributed by atoms with Crippen LogP contribution in [0.15, 0.2) is 79.1 Å². The van der Waals surface area contributed by atoms with Gasteiger partial charge in [0.25, 0.3) is 5.56 Å². The first kappa shape index (κ1) is 26.6. The molecule has 1 atom stereocenters. The fourth-order valence-corrected chi connectivity index (χ4v) is 6.61. The number of allylic oxidation sites excluding steroid dienone is 1. The van der Waals surface area contributed by atoms with Crippen molar-refractivity contribution in [1.82, 2.24) is 4.57 Å². The minimum absolute atomic E-state index is 0.200. The standard InChI is InChI=1S/C26H21Br2ClN2O4S/c1-4-10-35-23-17(27)11-15(12-18(23)28)13-20-24(32)31-22(16-8-6-7-9-19(16)29)21(25(33)34-5-2)14(3)30-26(31)36-20/h4,6-9,11-13,22H,1,5,10H2,2-3H3/b20-13-/t22-/m0/s1. The molecule has 4 rings (SSSR count). The van der Waals surface area contributed by atoms with E-state index in [0.29, 0.717) is 38.0 Å². The van der Waals surface area contributed by atoms with E-state index in [1.54, 1.807) is 44.2 Å². The first-order chi connectivity index (χ1) is 17.3. The Labute approximate surface area is 233 Å². The van der Waals surface area contributed by atoms with Crippen molar-refractivity contribution >= 4 is 66.8 Å². The van der Waals surface area contributed by atoms with Crippen LogP contribution >= 0.6 is 54.8 Å². The van der Waals surface area contributed by atoms with Gasteiger partial charge in [0.2, 0.25) is 0 Å². The van der Waals surface area contributed by atoms with Crippen molar-refractivity contribution in [3.05, 3.63) is 105 Å². The van der Waals surface area contributed by atoms with Crippen LogP contribution in [-0.2, 0) is 9.53 Å². The molecule has 36 heavy (non-hydrogen) atoms. The van der Waals surface area contributed by atoms with Gasteiger partial charge in [-0.2, -0.15) is 0 Å². The highest BCUT2D eigenvalue weighted by Gasteiger charge is 2.34. The van der Waals surface area contributed by atoms with E-state index in [4.69, 9.17) is 21.1 Å². The van der Waals surface area contributed by atoms with Crippen molar-refractivity contribution < 1.29 is 14.3 Å². The zero-order valence-corrected chi connectivity index (χ0v) is 24.1. The molecule has 10 heteroatoms. The maximum absolute atomic E-state index is 13.7. The topological polar surface area (TPSA) is 69.9 Å². The van der Waals surface area contributed by atoms with E-state index in [0.717, 1.165) is 14.5 Å². The van der Waals surface area contributed by atoms with Gasteiger partial charge in [-0.05, 0) is 81.1 Å².